The van der Waals surface area contributed by atoms with E-state index in [1.807, 2.05) is 13.0 Å². The van der Waals surface area contributed by atoms with Gasteiger partial charge >= 0.3 is 0 Å². The molecule has 0 saturated carbocycles. The lowest BCUT2D eigenvalue weighted by atomic mass is 10.2. The number of nitrogens with zero attached hydrogens (tertiary/aromatic N) is 2. The molecule has 1 N–H and O–H groups in total. The Bertz CT molecular complexity index is 933. The third-order valence-corrected chi connectivity index (χ3v) is 5.66. The summed E-state index contributed by atoms with van der Waals surface area (Å²) >= 11 is 0. The highest BCUT2D eigenvalue weighted by Gasteiger charge is 2.28. The molecule has 0 aliphatic carbocycles. The topological polar surface area (TPSA) is 98.1 Å². The van der Waals surface area contributed by atoms with Gasteiger partial charge < -0.3 is 5.32 Å². The van der Waals surface area contributed by atoms with Gasteiger partial charge in [-0.05, 0) is 25.5 Å². The van der Waals surface area contributed by atoms with Crippen molar-refractivity contribution in [2.24, 2.45) is 0 Å². The normalized spacial score (nSPS) is 19.8. The molecule has 1 aliphatic heterocycles. The first-order valence-electron chi connectivity index (χ1n) is 7.30. The summed E-state index contributed by atoms with van der Waals surface area (Å²) < 4.78 is 24.0. The van der Waals surface area contributed by atoms with E-state index in [9.17, 15) is 18.0 Å². The Morgan fingerprint density at radius 3 is 2.91 bits per heavy atom. The van der Waals surface area contributed by atoms with E-state index in [1.54, 1.807) is 12.1 Å². The number of benzene rings is 1. The van der Waals surface area contributed by atoms with Crippen molar-refractivity contribution in [1.29, 1.82) is 0 Å². The minimum absolute atomic E-state index is 0.0389. The van der Waals surface area contributed by atoms with Crippen LogP contribution in [0.2, 0.25) is 0 Å². The van der Waals surface area contributed by atoms with Crippen LogP contribution < -0.4 is 10.9 Å². The molecule has 8 heteroatoms. The van der Waals surface area contributed by atoms with Crippen molar-refractivity contribution < 1.29 is 13.2 Å². The Morgan fingerprint density at radius 1 is 1.43 bits per heavy atom. The quantitative estimate of drug-likeness (QED) is 0.852. The summed E-state index contributed by atoms with van der Waals surface area (Å²) in [4.78, 5) is 28.6. The molecule has 1 fully saturated rings. The van der Waals surface area contributed by atoms with Crippen LogP contribution in [0.1, 0.15) is 12.0 Å². The van der Waals surface area contributed by atoms with Gasteiger partial charge in [-0.1, -0.05) is 11.6 Å². The van der Waals surface area contributed by atoms with Crippen LogP contribution in [0.3, 0.4) is 0 Å². The predicted molar refractivity (Wildman–Crippen MR) is 85.9 cm³/mol. The minimum Gasteiger partial charge on any atom is -0.351 e. The molecule has 1 atom stereocenters. The molecular formula is C15H17N3O4S. The maximum Gasteiger partial charge on any atom is 0.261 e. The van der Waals surface area contributed by atoms with Crippen molar-refractivity contribution in [3.8, 4) is 0 Å². The van der Waals surface area contributed by atoms with Gasteiger partial charge in [-0.3, -0.25) is 14.2 Å². The Labute approximate surface area is 133 Å². The molecule has 23 heavy (non-hydrogen) atoms. The second-order valence-corrected chi connectivity index (χ2v) is 8.09. The Kier molecular flexibility index (Phi) is 3.93. The monoisotopic (exact) mass is 335 g/mol. The van der Waals surface area contributed by atoms with Crippen LogP contribution in [0, 0.1) is 6.92 Å². The first-order chi connectivity index (χ1) is 10.8. The first kappa shape index (κ1) is 15.7. The number of aryl methyl sites for hydroxylation is 1. The molecule has 1 unspecified atom stereocenters. The molecule has 1 aliphatic rings. The largest absolute Gasteiger partial charge is 0.351 e. The lowest BCUT2D eigenvalue weighted by Gasteiger charge is -2.12. The fourth-order valence-electron chi connectivity index (χ4n) is 2.72. The van der Waals surface area contributed by atoms with Gasteiger partial charge in [-0.2, -0.15) is 0 Å². The van der Waals surface area contributed by atoms with Gasteiger partial charge in [0, 0.05) is 6.04 Å². The molecule has 2 heterocycles. The van der Waals surface area contributed by atoms with Gasteiger partial charge in [-0.15, -0.1) is 0 Å². The zero-order valence-corrected chi connectivity index (χ0v) is 13.5. The molecule has 0 bridgehead atoms. The van der Waals surface area contributed by atoms with Crippen LogP contribution >= 0.6 is 0 Å². The number of aromatic nitrogens is 2. The standard InChI is InChI=1S/C15H17N3O4S/c1-10-2-3-13-12(6-10)15(20)18(9-16-13)7-14(19)17-11-4-5-23(21,22)8-11/h2-3,6,9,11H,4-5,7-8H2,1H3,(H,17,19). The molecule has 3 rings (SSSR count). The van der Waals surface area contributed by atoms with Crippen LogP contribution in [0.5, 0.6) is 0 Å². The van der Waals surface area contributed by atoms with Gasteiger partial charge in [0.2, 0.25) is 5.91 Å². The molecule has 2 aromatic rings. The third kappa shape index (κ3) is 3.42. The summed E-state index contributed by atoms with van der Waals surface area (Å²) in [5.41, 5.74) is 1.24. The van der Waals surface area contributed by atoms with Crippen LogP contribution in [0.25, 0.3) is 10.9 Å². The summed E-state index contributed by atoms with van der Waals surface area (Å²) in [5, 5.41) is 3.13. The van der Waals surface area contributed by atoms with Crippen LogP contribution in [0.4, 0.5) is 0 Å². The van der Waals surface area contributed by atoms with Crippen molar-refractivity contribution in [1.82, 2.24) is 14.9 Å². The zero-order valence-electron chi connectivity index (χ0n) is 12.7. The second-order valence-electron chi connectivity index (χ2n) is 5.87. The number of fused-ring (bicyclic) bond motifs is 1. The summed E-state index contributed by atoms with van der Waals surface area (Å²) in [7, 11) is -3.05. The number of hydrogen-bond donors (Lipinski definition) is 1. The summed E-state index contributed by atoms with van der Waals surface area (Å²) in [6, 6.07) is 4.99. The fourth-order valence-corrected chi connectivity index (χ4v) is 4.40. The highest BCUT2D eigenvalue weighted by atomic mass is 32.2. The highest BCUT2D eigenvalue weighted by molar-refractivity contribution is 7.91. The van der Waals surface area contributed by atoms with E-state index in [2.05, 4.69) is 10.3 Å². The van der Waals surface area contributed by atoms with E-state index in [0.29, 0.717) is 17.3 Å². The summed E-state index contributed by atoms with van der Waals surface area (Å²) in [6.45, 7) is 1.70. The van der Waals surface area contributed by atoms with E-state index in [4.69, 9.17) is 0 Å². The molecule has 0 radical (unpaired) electrons. The van der Waals surface area contributed by atoms with Gasteiger partial charge in [0.15, 0.2) is 9.84 Å². The summed E-state index contributed by atoms with van der Waals surface area (Å²) in [6.07, 6.45) is 1.75. The van der Waals surface area contributed by atoms with Crippen molar-refractivity contribution in [3.63, 3.8) is 0 Å². The minimum atomic E-state index is -3.05. The smallest absolute Gasteiger partial charge is 0.261 e. The molecular weight excluding hydrogens is 318 g/mol. The molecule has 1 amide bonds. The van der Waals surface area contributed by atoms with Gasteiger partial charge in [0.05, 0.1) is 28.7 Å². The maximum atomic E-state index is 12.4. The van der Waals surface area contributed by atoms with Crippen molar-refractivity contribution in [2.75, 3.05) is 11.5 Å². The molecule has 1 aromatic carbocycles. The van der Waals surface area contributed by atoms with Crippen LogP contribution in [-0.2, 0) is 21.2 Å². The zero-order chi connectivity index (χ0) is 16.6. The summed E-state index contributed by atoms with van der Waals surface area (Å²) in [5.74, 6) is -0.333. The second kappa shape index (κ2) is 5.77. The van der Waals surface area contributed by atoms with E-state index in [0.717, 1.165) is 5.56 Å². The fraction of sp³-hybridized carbons (Fsp3) is 0.400. The SMILES string of the molecule is Cc1ccc2ncn(CC(=O)NC3CCS(=O)(=O)C3)c(=O)c2c1. The van der Waals surface area contributed by atoms with Gasteiger partial charge in [0.1, 0.15) is 6.54 Å². The predicted octanol–water partition coefficient (Wildman–Crippen LogP) is 0.00822. The van der Waals surface area contributed by atoms with E-state index >= 15 is 0 Å². The average molecular weight is 335 g/mol. The molecule has 1 saturated heterocycles. The Balaban J connectivity index is 1.77. The molecule has 7 nitrogen and oxygen atoms in total. The van der Waals surface area contributed by atoms with Gasteiger partial charge in [0.25, 0.3) is 5.56 Å². The highest BCUT2D eigenvalue weighted by Crippen LogP contribution is 2.11. The van der Waals surface area contributed by atoms with Crippen molar-refractivity contribution >= 4 is 26.6 Å². The number of sulfone groups is 1. The van der Waals surface area contributed by atoms with Gasteiger partial charge in [-0.25, -0.2) is 13.4 Å². The molecule has 1 aromatic heterocycles. The van der Waals surface area contributed by atoms with Crippen molar-refractivity contribution in [3.05, 3.63) is 40.4 Å². The molecule has 122 valence electrons. The Morgan fingerprint density at radius 2 is 2.22 bits per heavy atom. The third-order valence-electron chi connectivity index (χ3n) is 3.89. The van der Waals surface area contributed by atoms with Crippen molar-refractivity contribution in [2.45, 2.75) is 25.9 Å². The lowest BCUT2D eigenvalue weighted by Crippen LogP contribution is -2.39. The lowest BCUT2D eigenvalue weighted by molar-refractivity contribution is -0.122. The average Bonchev–Trinajstić information content (AvgIpc) is 2.81. The van der Waals surface area contributed by atoms with Crippen LogP contribution in [-0.4, -0.2) is 41.4 Å². The number of amides is 1. The number of carbonyl (C=O) groups excluding carboxylic acids is 1. The van der Waals surface area contributed by atoms with E-state index in [-0.39, 0.29) is 35.6 Å². The first-order valence-corrected chi connectivity index (χ1v) is 9.12. The number of hydrogen-bond acceptors (Lipinski definition) is 5. The molecule has 0 spiro atoms. The number of carbonyl (C=O) groups is 1. The number of nitrogens with one attached hydrogen (secondary N) is 1. The van der Waals surface area contributed by atoms with Crippen LogP contribution in [0.15, 0.2) is 29.3 Å². The number of rotatable bonds is 3. The van der Waals surface area contributed by atoms with E-state index < -0.39 is 9.84 Å². The maximum absolute atomic E-state index is 12.4. The van der Waals surface area contributed by atoms with E-state index in [1.165, 1.54) is 10.9 Å². The Hall–Kier alpha value is -2.22.